The molecule has 0 radical (unpaired) electrons. The first-order valence-electron chi connectivity index (χ1n) is 14.0. The molecule has 2 N–H and O–H groups in total. The summed E-state index contributed by atoms with van der Waals surface area (Å²) in [5, 5.41) is 5.74. The Morgan fingerprint density at radius 2 is 1.87 bits per heavy atom. The lowest BCUT2D eigenvalue weighted by Crippen LogP contribution is -2.32. The number of hydrogen-bond donors (Lipinski definition) is 2. The standard InChI is InChI=1S/C32H39FN2O4/c33-28-18-16-25(17-19-28)20-21-34-23-26(24-38-30-13-8-11-27-10-4-5-12-29(27)30)9-2-1-3-14-31(36)35-39-32-15-6-7-22-37-32/h4-5,8-13,16-19,32,34H,1-3,6-7,14-15,20-24H2,(H,35,36). The fourth-order valence-corrected chi connectivity index (χ4v) is 4.53. The first-order valence-corrected chi connectivity index (χ1v) is 14.0. The predicted octanol–water partition coefficient (Wildman–Crippen LogP) is 6.25. The highest BCUT2D eigenvalue weighted by Crippen LogP contribution is 2.25. The fourth-order valence-electron chi connectivity index (χ4n) is 4.53. The largest absolute Gasteiger partial charge is 0.489 e. The lowest BCUT2D eigenvalue weighted by atomic mass is 10.1. The van der Waals surface area contributed by atoms with Crippen LogP contribution in [0.1, 0.15) is 50.5 Å². The molecule has 1 amide bonds. The zero-order chi connectivity index (χ0) is 27.1. The molecule has 1 aliphatic rings. The Morgan fingerprint density at radius 1 is 1.03 bits per heavy atom. The molecule has 4 rings (SSSR count). The van der Waals surface area contributed by atoms with Crippen molar-refractivity contribution >= 4 is 16.7 Å². The second-order valence-corrected chi connectivity index (χ2v) is 9.87. The van der Waals surface area contributed by atoms with Crippen LogP contribution in [0, 0.1) is 5.82 Å². The van der Waals surface area contributed by atoms with Gasteiger partial charge in [0.2, 0.25) is 5.91 Å². The van der Waals surface area contributed by atoms with Crippen LogP contribution >= 0.6 is 0 Å². The molecule has 3 aromatic carbocycles. The van der Waals surface area contributed by atoms with Crippen LogP contribution in [0.4, 0.5) is 4.39 Å². The van der Waals surface area contributed by atoms with Crippen LogP contribution < -0.4 is 15.5 Å². The van der Waals surface area contributed by atoms with Gasteiger partial charge in [0.1, 0.15) is 18.2 Å². The Morgan fingerprint density at radius 3 is 2.72 bits per heavy atom. The van der Waals surface area contributed by atoms with Crippen LogP contribution in [-0.4, -0.2) is 38.5 Å². The number of benzene rings is 3. The summed E-state index contributed by atoms with van der Waals surface area (Å²) in [7, 11) is 0. The van der Waals surface area contributed by atoms with Gasteiger partial charge in [-0.05, 0) is 79.8 Å². The van der Waals surface area contributed by atoms with E-state index in [1.807, 2.05) is 36.4 Å². The maximum Gasteiger partial charge on any atom is 0.243 e. The number of unbranched alkanes of at least 4 members (excludes halogenated alkanes) is 2. The Labute approximate surface area is 230 Å². The summed E-state index contributed by atoms with van der Waals surface area (Å²) in [5.74, 6) is 0.532. The van der Waals surface area contributed by atoms with Gasteiger partial charge in [-0.2, -0.15) is 0 Å². The third-order valence-corrected chi connectivity index (χ3v) is 6.75. The highest BCUT2D eigenvalue weighted by molar-refractivity contribution is 5.88. The van der Waals surface area contributed by atoms with E-state index in [9.17, 15) is 9.18 Å². The van der Waals surface area contributed by atoms with Crippen LogP contribution in [0.15, 0.2) is 78.4 Å². The summed E-state index contributed by atoms with van der Waals surface area (Å²) < 4.78 is 24.9. The first kappa shape index (κ1) is 28.7. The minimum atomic E-state index is -0.328. The molecule has 6 nitrogen and oxygen atoms in total. The second-order valence-electron chi connectivity index (χ2n) is 9.87. The number of allylic oxidation sites excluding steroid dienone is 1. The molecule has 1 fully saturated rings. The van der Waals surface area contributed by atoms with Crippen molar-refractivity contribution in [1.82, 2.24) is 10.8 Å². The average molecular weight is 535 g/mol. The second kappa shape index (κ2) is 16.0. The van der Waals surface area contributed by atoms with Gasteiger partial charge in [-0.25, -0.2) is 14.7 Å². The molecule has 208 valence electrons. The predicted molar refractivity (Wildman–Crippen MR) is 152 cm³/mol. The van der Waals surface area contributed by atoms with Crippen LogP contribution in [0.5, 0.6) is 5.75 Å². The normalized spacial score (nSPS) is 15.8. The molecular weight excluding hydrogens is 495 g/mol. The molecule has 0 saturated carbocycles. The molecule has 0 aromatic heterocycles. The van der Waals surface area contributed by atoms with Crippen molar-refractivity contribution in [3.63, 3.8) is 0 Å². The van der Waals surface area contributed by atoms with Crippen molar-refractivity contribution in [2.75, 3.05) is 26.3 Å². The molecular formula is C32H39FN2O4. The van der Waals surface area contributed by atoms with Gasteiger partial charge in [-0.3, -0.25) is 4.79 Å². The van der Waals surface area contributed by atoms with E-state index in [1.54, 1.807) is 0 Å². The number of nitrogens with one attached hydrogen (secondary N) is 2. The van der Waals surface area contributed by atoms with Gasteiger partial charge < -0.3 is 14.8 Å². The van der Waals surface area contributed by atoms with Gasteiger partial charge in [-0.15, -0.1) is 0 Å². The lowest BCUT2D eigenvalue weighted by Gasteiger charge is -2.22. The number of amides is 1. The zero-order valence-electron chi connectivity index (χ0n) is 22.5. The summed E-state index contributed by atoms with van der Waals surface area (Å²) in [6, 6.07) is 20.9. The number of rotatable bonds is 15. The molecule has 7 heteroatoms. The van der Waals surface area contributed by atoms with Gasteiger partial charge in [0, 0.05) is 31.4 Å². The summed E-state index contributed by atoms with van der Waals surface area (Å²) in [5.41, 5.74) is 4.78. The topological polar surface area (TPSA) is 68.8 Å². The van der Waals surface area contributed by atoms with E-state index in [4.69, 9.17) is 14.3 Å². The molecule has 39 heavy (non-hydrogen) atoms. The third-order valence-electron chi connectivity index (χ3n) is 6.75. The molecule has 1 saturated heterocycles. The van der Waals surface area contributed by atoms with Crippen LogP contribution in [-0.2, 0) is 20.8 Å². The molecule has 1 heterocycles. The molecule has 3 aromatic rings. The van der Waals surface area contributed by atoms with E-state index in [0.29, 0.717) is 26.2 Å². The number of carbonyl (C=O) groups excluding carboxylic acids is 1. The van der Waals surface area contributed by atoms with E-state index >= 15 is 0 Å². The molecule has 1 unspecified atom stereocenters. The summed E-state index contributed by atoms with van der Waals surface area (Å²) in [6.45, 7) is 2.64. The van der Waals surface area contributed by atoms with E-state index < -0.39 is 0 Å². The molecule has 0 bridgehead atoms. The molecule has 0 spiro atoms. The number of carbonyl (C=O) groups is 1. The molecule has 1 aliphatic heterocycles. The number of fused-ring (bicyclic) bond motifs is 1. The Balaban J connectivity index is 1.23. The zero-order valence-corrected chi connectivity index (χ0v) is 22.5. The Hall–Kier alpha value is -3.26. The smallest absolute Gasteiger partial charge is 0.243 e. The Kier molecular flexibility index (Phi) is 11.8. The van der Waals surface area contributed by atoms with Crippen LogP contribution in [0.2, 0.25) is 0 Å². The van der Waals surface area contributed by atoms with Gasteiger partial charge in [-0.1, -0.05) is 54.6 Å². The summed E-state index contributed by atoms with van der Waals surface area (Å²) in [6.07, 6.45) is 8.54. The lowest BCUT2D eigenvalue weighted by molar-refractivity contribution is -0.200. The minimum absolute atomic E-state index is 0.116. The highest BCUT2D eigenvalue weighted by Gasteiger charge is 2.15. The van der Waals surface area contributed by atoms with Crippen molar-refractivity contribution < 1.29 is 23.5 Å². The average Bonchev–Trinajstić information content (AvgIpc) is 2.97. The summed E-state index contributed by atoms with van der Waals surface area (Å²) in [4.78, 5) is 17.5. The van der Waals surface area contributed by atoms with E-state index in [-0.39, 0.29) is 18.0 Å². The monoisotopic (exact) mass is 534 g/mol. The minimum Gasteiger partial charge on any atom is -0.489 e. The van der Waals surface area contributed by atoms with Crippen molar-refractivity contribution in [3.8, 4) is 5.75 Å². The maximum atomic E-state index is 13.2. The number of ether oxygens (including phenoxy) is 2. The van der Waals surface area contributed by atoms with Crippen molar-refractivity contribution in [2.24, 2.45) is 0 Å². The number of hydroxylamine groups is 1. The highest BCUT2D eigenvalue weighted by atomic mass is 19.1. The SMILES string of the molecule is O=C(CCCCC=C(CNCCc1ccc(F)cc1)COc1cccc2ccccc12)NOC1CCCCO1. The Bertz CT molecular complexity index is 1190. The van der Waals surface area contributed by atoms with Crippen molar-refractivity contribution in [3.05, 3.63) is 89.8 Å². The van der Waals surface area contributed by atoms with E-state index in [1.165, 1.54) is 12.1 Å². The fraction of sp³-hybridized carbons (Fsp3) is 0.406. The molecule has 1 atom stereocenters. The number of halogens is 1. The maximum absolute atomic E-state index is 13.2. The number of hydrogen-bond acceptors (Lipinski definition) is 5. The summed E-state index contributed by atoms with van der Waals surface area (Å²) >= 11 is 0. The van der Waals surface area contributed by atoms with E-state index in [0.717, 1.165) is 79.1 Å². The van der Waals surface area contributed by atoms with Crippen molar-refractivity contribution in [1.29, 1.82) is 0 Å². The third kappa shape index (κ3) is 10.1. The van der Waals surface area contributed by atoms with Crippen LogP contribution in [0.3, 0.4) is 0 Å². The van der Waals surface area contributed by atoms with Gasteiger partial charge in [0.15, 0.2) is 6.29 Å². The first-order chi connectivity index (χ1) is 19.2. The quantitative estimate of drug-likeness (QED) is 0.137. The van der Waals surface area contributed by atoms with Gasteiger partial charge in [0.05, 0.1) is 0 Å². The van der Waals surface area contributed by atoms with Crippen LogP contribution in [0.25, 0.3) is 10.8 Å². The van der Waals surface area contributed by atoms with Crippen molar-refractivity contribution in [2.45, 2.75) is 57.7 Å². The van der Waals surface area contributed by atoms with E-state index in [2.05, 4.69) is 35.1 Å². The van der Waals surface area contributed by atoms with Gasteiger partial charge in [0.25, 0.3) is 0 Å². The molecule has 0 aliphatic carbocycles. The van der Waals surface area contributed by atoms with Gasteiger partial charge >= 0.3 is 0 Å².